The Morgan fingerprint density at radius 1 is 1.15 bits per heavy atom. The summed E-state index contributed by atoms with van der Waals surface area (Å²) in [6, 6.07) is 14.1. The summed E-state index contributed by atoms with van der Waals surface area (Å²) in [5.41, 5.74) is 1.51. The molecule has 0 amide bonds. The van der Waals surface area contributed by atoms with E-state index in [1.165, 1.54) is 7.11 Å². The molecular formula is C17H18O3. The van der Waals surface area contributed by atoms with Crippen LogP contribution >= 0.6 is 0 Å². The van der Waals surface area contributed by atoms with E-state index in [0.29, 0.717) is 12.2 Å². The lowest BCUT2D eigenvalue weighted by atomic mass is 10.0. The maximum absolute atomic E-state index is 11.8. The third-order valence-electron chi connectivity index (χ3n) is 3.06. The molecule has 0 bridgehead atoms. The third kappa shape index (κ3) is 3.25. The molecule has 0 aromatic heterocycles. The third-order valence-corrected chi connectivity index (χ3v) is 3.06. The Kier molecular flexibility index (Phi) is 4.91. The summed E-state index contributed by atoms with van der Waals surface area (Å²) in [4.78, 5) is 11.8. The number of esters is 1. The Morgan fingerprint density at radius 3 is 2.65 bits per heavy atom. The van der Waals surface area contributed by atoms with Crippen molar-refractivity contribution in [2.75, 3.05) is 20.3 Å². The zero-order valence-corrected chi connectivity index (χ0v) is 11.8. The van der Waals surface area contributed by atoms with Crippen LogP contribution in [0.5, 0.6) is 0 Å². The molecule has 0 unspecified atom stereocenters. The predicted octanol–water partition coefficient (Wildman–Crippen LogP) is 3.43. The van der Waals surface area contributed by atoms with Crippen molar-refractivity contribution in [3.05, 3.63) is 53.6 Å². The normalized spacial score (nSPS) is 11.6. The first-order valence-corrected chi connectivity index (χ1v) is 6.60. The average molecular weight is 270 g/mol. The van der Waals surface area contributed by atoms with E-state index >= 15 is 0 Å². The average Bonchev–Trinajstić information content (AvgIpc) is 2.50. The van der Waals surface area contributed by atoms with Crippen LogP contribution in [0.15, 0.2) is 48.0 Å². The van der Waals surface area contributed by atoms with Crippen LogP contribution in [0.25, 0.3) is 16.8 Å². The van der Waals surface area contributed by atoms with Crippen LogP contribution in [0.1, 0.15) is 12.5 Å². The van der Waals surface area contributed by atoms with Gasteiger partial charge in [0.25, 0.3) is 0 Å². The summed E-state index contributed by atoms with van der Waals surface area (Å²) in [5.74, 6) is -0.355. The van der Waals surface area contributed by atoms with Crippen LogP contribution in [0.3, 0.4) is 0 Å². The molecule has 0 saturated carbocycles. The quantitative estimate of drug-likeness (QED) is 0.617. The second-order valence-corrected chi connectivity index (χ2v) is 4.37. The molecule has 0 aliphatic rings. The molecule has 0 fully saturated rings. The smallest absolute Gasteiger partial charge is 0.336 e. The molecule has 104 valence electrons. The van der Waals surface area contributed by atoms with Gasteiger partial charge < -0.3 is 9.47 Å². The second kappa shape index (κ2) is 6.87. The summed E-state index contributed by atoms with van der Waals surface area (Å²) >= 11 is 0. The van der Waals surface area contributed by atoms with Crippen molar-refractivity contribution in [1.29, 1.82) is 0 Å². The highest BCUT2D eigenvalue weighted by molar-refractivity contribution is 5.98. The molecule has 20 heavy (non-hydrogen) atoms. The molecule has 0 aliphatic carbocycles. The number of rotatable bonds is 5. The first-order chi connectivity index (χ1) is 9.76. The summed E-state index contributed by atoms with van der Waals surface area (Å²) in [6.45, 7) is 2.71. The van der Waals surface area contributed by atoms with Gasteiger partial charge in [-0.1, -0.05) is 42.5 Å². The Balaban J connectivity index is 2.44. The largest absolute Gasteiger partial charge is 0.466 e. The zero-order chi connectivity index (χ0) is 14.4. The lowest BCUT2D eigenvalue weighted by molar-refractivity contribution is -0.136. The summed E-state index contributed by atoms with van der Waals surface area (Å²) in [5, 5.41) is 2.25. The van der Waals surface area contributed by atoms with E-state index < -0.39 is 0 Å². The molecule has 0 radical (unpaired) electrons. The molecule has 0 spiro atoms. The molecule has 2 aromatic carbocycles. The number of carbonyl (C=O) groups is 1. The minimum Gasteiger partial charge on any atom is -0.466 e. The predicted molar refractivity (Wildman–Crippen MR) is 80.4 cm³/mol. The van der Waals surface area contributed by atoms with E-state index in [-0.39, 0.29) is 12.6 Å². The molecule has 3 heteroatoms. The van der Waals surface area contributed by atoms with Crippen LogP contribution in [0, 0.1) is 0 Å². The second-order valence-electron chi connectivity index (χ2n) is 4.37. The van der Waals surface area contributed by atoms with Crippen LogP contribution in [0.4, 0.5) is 0 Å². The lowest BCUT2D eigenvalue weighted by Crippen LogP contribution is -2.10. The fourth-order valence-electron chi connectivity index (χ4n) is 2.07. The Morgan fingerprint density at radius 2 is 1.90 bits per heavy atom. The molecule has 0 N–H and O–H groups in total. The van der Waals surface area contributed by atoms with E-state index in [1.807, 2.05) is 55.5 Å². The SMILES string of the molecule is CCOCC(=Cc1cccc2ccccc12)C(=O)OC. The van der Waals surface area contributed by atoms with Gasteiger partial charge in [0.2, 0.25) is 0 Å². The first-order valence-electron chi connectivity index (χ1n) is 6.60. The molecular weight excluding hydrogens is 252 g/mol. The van der Waals surface area contributed by atoms with Gasteiger partial charge in [0, 0.05) is 6.61 Å². The molecule has 0 aliphatic heterocycles. The van der Waals surface area contributed by atoms with E-state index in [4.69, 9.17) is 9.47 Å². The van der Waals surface area contributed by atoms with Crippen LogP contribution < -0.4 is 0 Å². The van der Waals surface area contributed by atoms with Gasteiger partial charge in [0.15, 0.2) is 0 Å². The van der Waals surface area contributed by atoms with Crippen molar-refractivity contribution in [2.24, 2.45) is 0 Å². The molecule has 0 heterocycles. The maximum Gasteiger partial charge on any atom is 0.336 e. The standard InChI is InChI=1S/C17H18O3/c1-3-20-12-15(17(18)19-2)11-14-9-6-8-13-7-4-5-10-16(13)14/h4-11H,3,12H2,1-2H3. The Bertz CT molecular complexity index is 624. The van der Waals surface area contributed by atoms with Crippen molar-refractivity contribution >= 4 is 22.8 Å². The van der Waals surface area contributed by atoms with Gasteiger partial charge in [-0.15, -0.1) is 0 Å². The van der Waals surface area contributed by atoms with Crippen molar-refractivity contribution in [2.45, 2.75) is 6.92 Å². The van der Waals surface area contributed by atoms with Crippen molar-refractivity contribution in [3.63, 3.8) is 0 Å². The topological polar surface area (TPSA) is 35.5 Å². The first kappa shape index (κ1) is 14.3. The van der Waals surface area contributed by atoms with Gasteiger partial charge >= 0.3 is 5.97 Å². The minimum atomic E-state index is -0.355. The number of hydrogen-bond donors (Lipinski definition) is 0. The van der Waals surface area contributed by atoms with E-state index in [1.54, 1.807) is 0 Å². The molecule has 3 nitrogen and oxygen atoms in total. The number of fused-ring (bicyclic) bond motifs is 1. The Hall–Kier alpha value is -2.13. The summed E-state index contributed by atoms with van der Waals surface area (Å²) in [7, 11) is 1.38. The van der Waals surface area contributed by atoms with Gasteiger partial charge in [-0.25, -0.2) is 4.79 Å². The van der Waals surface area contributed by atoms with E-state index in [0.717, 1.165) is 16.3 Å². The van der Waals surface area contributed by atoms with Gasteiger partial charge in [-0.05, 0) is 29.3 Å². The molecule has 0 atom stereocenters. The molecule has 2 aromatic rings. The highest BCUT2D eigenvalue weighted by Gasteiger charge is 2.10. The van der Waals surface area contributed by atoms with E-state index in [2.05, 4.69) is 0 Å². The fourth-order valence-corrected chi connectivity index (χ4v) is 2.07. The maximum atomic E-state index is 11.8. The van der Waals surface area contributed by atoms with Gasteiger partial charge in [-0.3, -0.25) is 0 Å². The lowest BCUT2D eigenvalue weighted by Gasteiger charge is -2.07. The van der Waals surface area contributed by atoms with Crippen molar-refractivity contribution < 1.29 is 14.3 Å². The van der Waals surface area contributed by atoms with Gasteiger partial charge in [-0.2, -0.15) is 0 Å². The van der Waals surface area contributed by atoms with Crippen LogP contribution in [-0.4, -0.2) is 26.3 Å². The molecule has 0 saturated heterocycles. The summed E-state index contributed by atoms with van der Waals surface area (Å²) in [6.07, 6.45) is 1.84. The monoisotopic (exact) mass is 270 g/mol. The summed E-state index contributed by atoms with van der Waals surface area (Å²) < 4.78 is 10.1. The number of methoxy groups -OCH3 is 1. The van der Waals surface area contributed by atoms with Crippen LogP contribution in [0.2, 0.25) is 0 Å². The number of benzene rings is 2. The number of hydrogen-bond acceptors (Lipinski definition) is 3. The Labute approximate surface area is 118 Å². The fraction of sp³-hybridized carbons (Fsp3) is 0.235. The van der Waals surface area contributed by atoms with Crippen molar-refractivity contribution in [3.8, 4) is 0 Å². The van der Waals surface area contributed by atoms with Gasteiger partial charge in [0.05, 0.1) is 19.3 Å². The van der Waals surface area contributed by atoms with Crippen molar-refractivity contribution in [1.82, 2.24) is 0 Å². The van der Waals surface area contributed by atoms with E-state index in [9.17, 15) is 4.79 Å². The highest BCUT2D eigenvalue weighted by Crippen LogP contribution is 2.21. The highest BCUT2D eigenvalue weighted by atomic mass is 16.5. The zero-order valence-electron chi connectivity index (χ0n) is 11.8. The van der Waals surface area contributed by atoms with Gasteiger partial charge in [0.1, 0.15) is 0 Å². The number of ether oxygens (including phenoxy) is 2. The number of carbonyl (C=O) groups excluding carboxylic acids is 1. The minimum absolute atomic E-state index is 0.256. The van der Waals surface area contributed by atoms with Crippen LogP contribution in [-0.2, 0) is 14.3 Å². The molecule has 2 rings (SSSR count).